The quantitative estimate of drug-likeness (QED) is 0.492. The fourth-order valence-corrected chi connectivity index (χ4v) is 5.23. The van der Waals surface area contributed by atoms with Gasteiger partial charge in [0.25, 0.3) is 0 Å². The van der Waals surface area contributed by atoms with Crippen molar-refractivity contribution in [1.29, 1.82) is 0 Å². The third-order valence-corrected chi connectivity index (χ3v) is 6.64. The van der Waals surface area contributed by atoms with Crippen LogP contribution in [0.5, 0.6) is 23.0 Å². The summed E-state index contributed by atoms with van der Waals surface area (Å²) in [6, 6.07) is 16.2. The number of carbonyl (C=O) groups excluding carboxylic acids is 1. The fraction of sp³-hybridized carbons (Fsp3) is 0.321. The lowest BCUT2D eigenvalue weighted by Gasteiger charge is -2.39. The van der Waals surface area contributed by atoms with Crippen molar-refractivity contribution in [3.8, 4) is 23.0 Å². The first-order valence-electron chi connectivity index (χ1n) is 11.1. The summed E-state index contributed by atoms with van der Waals surface area (Å²) in [5, 5.41) is 2.17. The summed E-state index contributed by atoms with van der Waals surface area (Å²) in [5.41, 5.74) is 2.48. The predicted molar refractivity (Wildman–Crippen MR) is 128 cm³/mol. The molecule has 1 heterocycles. The second kappa shape index (κ2) is 7.84. The molecule has 3 aromatic rings. The molecule has 1 atom stereocenters. The molecule has 1 aliphatic heterocycles. The maximum Gasteiger partial charge on any atom is 0.203 e. The SMILES string of the molecule is COc1cc(C2C3=C(CC(C)(C)CC3=O)Oc3ccc4ccccc4c32)cc(OC)c1OC. The van der Waals surface area contributed by atoms with Crippen molar-refractivity contribution >= 4 is 16.6 Å². The van der Waals surface area contributed by atoms with E-state index in [-0.39, 0.29) is 17.1 Å². The van der Waals surface area contributed by atoms with E-state index in [9.17, 15) is 4.79 Å². The van der Waals surface area contributed by atoms with Crippen LogP contribution in [0.4, 0.5) is 0 Å². The molecule has 0 fully saturated rings. The van der Waals surface area contributed by atoms with Gasteiger partial charge in [0.1, 0.15) is 11.5 Å². The number of hydrogen-bond donors (Lipinski definition) is 0. The molecule has 0 amide bonds. The summed E-state index contributed by atoms with van der Waals surface area (Å²) in [7, 11) is 4.80. The Labute approximate surface area is 193 Å². The lowest BCUT2D eigenvalue weighted by molar-refractivity contribution is -0.118. The minimum absolute atomic E-state index is 0.124. The Morgan fingerprint density at radius 2 is 1.61 bits per heavy atom. The standard InChI is InChI=1S/C28H28O5/c1-28(2)14-19(29)26-23(15-28)33-20-11-10-16-8-6-7-9-18(16)25(20)24(26)17-12-21(30-3)27(32-5)22(13-17)31-4/h6-13,24H,14-15H2,1-5H3. The van der Waals surface area contributed by atoms with Crippen LogP contribution in [0.25, 0.3) is 10.8 Å². The zero-order valence-corrected chi connectivity index (χ0v) is 19.7. The van der Waals surface area contributed by atoms with Gasteiger partial charge in [-0.2, -0.15) is 0 Å². The zero-order valence-electron chi connectivity index (χ0n) is 19.7. The molecule has 33 heavy (non-hydrogen) atoms. The number of fused-ring (bicyclic) bond motifs is 3. The van der Waals surface area contributed by atoms with Crippen LogP contribution in [0.15, 0.2) is 59.9 Å². The first-order chi connectivity index (χ1) is 15.9. The van der Waals surface area contributed by atoms with Crippen LogP contribution in [-0.4, -0.2) is 27.1 Å². The molecule has 5 nitrogen and oxygen atoms in total. The van der Waals surface area contributed by atoms with Crippen molar-refractivity contribution in [3.63, 3.8) is 0 Å². The van der Waals surface area contributed by atoms with Gasteiger partial charge in [-0.1, -0.05) is 44.2 Å². The van der Waals surface area contributed by atoms with E-state index >= 15 is 0 Å². The van der Waals surface area contributed by atoms with Crippen molar-refractivity contribution in [1.82, 2.24) is 0 Å². The van der Waals surface area contributed by atoms with Crippen molar-refractivity contribution in [2.75, 3.05) is 21.3 Å². The lowest BCUT2D eigenvalue weighted by atomic mass is 9.69. The van der Waals surface area contributed by atoms with E-state index in [0.717, 1.165) is 39.0 Å². The van der Waals surface area contributed by atoms with Crippen LogP contribution in [-0.2, 0) is 4.79 Å². The third kappa shape index (κ3) is 3.43. The molecule has 2 aliphatic rings. The zero-order chi connectivity index (χ0) is 23.3. The van der Waals surface area contributed by atoms with Gasteiger partial charge in [-0.15, -0.1) is 0 Å². The Balaban J connectivity index is 1.83. The highest BCUT2D eigenvalue weighted by atomic mass is 16.5. The lowest BCUT2D eigenvalue weighted by Crippen LogP contribution is -2.33. The number of hydrogen-bond acceptors (Lipinski definition) is 5. The maximum absolute atomic E-state index is 13.6. The van der Waals surface area contributed by atoms with Crippen molar-refractivity contribution in [2.24, 2.45) is 5.41 Å². The summed E-state index contributed by atoms with van der Waals surface area (Å²) < 4.78 is 23.3. The van der Waals surface area contributed by atoms with Gasteiger partial charge in [-0.3, -0.25) is 4.79 Å². The van der Waals surface area contributed by atoms with Crippen molar-refractivity contribution in [2.45, 2.75) is 32.6 Å². The minimum atomic E-state index is -0.299. The average molecular weight is 445 g/mol. The van der Waals surface area contributed by atoms with E-state index in [1.165, 1.54) is 0 Å². The number of carbonyl (C=O) groups is 1. The van der Waals surface area contributed by atoms with Crippen LogP contribution in [0, 0.1) is 5.41 Å². The van der Waals surface area contributed by atoms with Gasteiger partial charge in [-0.25, -0.2) is 0 Å². The van der Waals surface area contributed by atoms with E-state index in [2.05, 4.69) is 32.0 Å². The van der Waals surface area contributed by atoms with Gasteiger partial charge in [0, 0.05) is 29.9 Å². The van der Waals surface area contributed by atoms with E-state index in [1.54, 1.807) is 21.3 Å². The maximum atomic E-state index is 13.6. The first kappa shape index (κ1) is 21.4. The average Bonchev–Trinajstić information content (AvgIpc) is 2.80. The van der Waals surface area contributed by atoms with Gasteiger partial charge in [0.15, 0.2) is 17.3 Å². The van der Waals surface area contributed by atoms with Gasteiger partial charge in [0.05, 0.1) is 21.3 Å². The molecule has 0 spiro atoms. The van der Waals surface area contributed by atoms with Crippen molar-refractivity contribution < 1.29 is 23.7 Å². The molecule has 1 aliphatic carbocycles. The largest absolute Gasteiger partial charge is 0.493 e. The summed E-state index contributed by atoms with van der Waals surface area (Å²) in [6.07, 6.45) is 1.19. The van der Waals surface area contributed by atoms with Crippen LogP contribution < -0.4 is 18.9 Å². The van der Waals surface area contributed by atoms with E-state index in [4.69, 9.17) is 18.9 Å². The Morgan fingerprint density at radius 3 is 2.27 bits per heavy atom. The highest BCUT2D eigenvalue weighted by molar-refractivity contribution is 6.02. The smallest absolute Gasteiger partial charge is 0.203 e. The fourth-order valence-electron chi connectivity index (χ4n) is 5.23. The molecule has 0 N–H and O–H groups in total. The molecule has 0 aromatic heterocycles. The Hall–Kier alpha value is -3.47. The highest BCUT2D eigenvalue weighted by Gasteiger charge is 2.43. The van der Waals surface area contributed by atoms with E-state index in [0.29, 0.717) is 30.1 Å². The summed E-state index contributed by atoms with van der Waals surface area (Å²) in [4.78, 5) is 13.6. The monoisotopic (exact) mass is 444 g/mol. The molecule has 0 bridgehead atoms. The van der Waals surface area contributed by atoms with Crippen LogP contribution in [0.3, 0.4) is 0 Å². The molecule has 1 unspecified atom stereocenters. The Kier molecular flexibility index (Phi) is 5.08. The topological polar surface area (TPSA) is 54.0 Å². The molecular formula is C28H28O5. The van der Waals surface area contributed by atoms with Crippen LogP contribution in [0.1, 0.15) is 43.7 Å². The number of rotatable bonds is 4. The minimum Gasteiger partial charge on any atom is -0.493 e. The molecule has 3 aromatic carbocycles. The molecule has 5 rings (SSSR count). The first-order valence-corrected chi connectivity index (χ1v) is 11.1. The molecule has 170 valence electrons. The van der Waals surface area contributed by atoms with Gasteiger partial charge in [0.2, 0.25) is 5.75 Å². The summed E-state index contributed by atoms with van der Waals surface area (Å²) in [6.45, 7) is 4.23. The number of ether oxygens (including phenoxy) is 4. The number of allylic oxidation sites excluding steroid dienone is 2. The molecule has 0 radical (unpaired) electrons. The number of ketones is 1. The van der Waals surface area contributed by atoms with Crippen LogP contribution in [0.2, 0.25) is 0 Å². The number of methoxy groups -OCH3 is 3. The van der Waals surface area contributed by atoms with E-state index < -0.39 is 0 Å². The molecule has 0 saturated heterocycles. The predicted octanol–water partition coefficient (Wildman–Crippen LogP) is 6.03. The number of benzene rings is 3. The molecule has 5 heteroatoms. The highest BCUT2D eigenvalue weighted by Crippen LogP contribution is 2.53. The Morgan fingerprint density at radius 1 is 0.909 bits per heavy atom. The van der Waals surface area contributed by atoms with Crippen molar-refractivity contribution in [3.05, 3.63) is 71.0 Å². The summed E-state index contributed by atoms with van der Waals surface area (Å²) >= 11 is 0. The molecular weight excluding hydrogens is 416 g/mol. The normalized spacial score (nSPS) is 18.9. The second-order valence-electron chi connectivity index (χ2n) is 9.47. The van der Waals surface area contributed by atoms with Gasteiger partial charge >= 0.3 is 0 Å². The Bertz CT molecular complexity index is 1280. The van der Waals surface area contributed by atoms with Crippen LogP contribution >= 0.6 is 0 Å². The van der Waals surface area contributed by atoms with Gasteiger partial charge in [-0.05, 0) is 39.9 Å². The number of Topliss-reactive ketones (excluding diaryl/α,β-unsaturated/α-hetero) is 1. The summed E-state index contributed by atoms with van der Waals surface area (Å²) in [5.74, 6) is 3.02. The van der Waals surface area contributed by atoms with E-state index in [1.807, 2.05) is 30.3 Å². The van der Waals surface area contributed by atoms with Gasteiger partial charge < -0.3 is 18.9 Å². The third-order valence-electron chi connectivity index (χ3n) is 6.64. The second-order valence-corrected chi connectivity index (χ2v) is 9.47. The molecule has 0 saturated carbocycles.